The number of hydrogen-bond donors (Lipinski definition) is 1. The molecule has 3 aromatic rings. The van der Waals surface area contributed by atoms with Crippen LogP contribution < -0.4 is 9.62 Å². The van der Waals surface area contributed by atoms with Crippen molar-refractivity contribution < 1.29 is 18.0 Å². The highest BCUT2D eigenvalue weighted by Crippen LogP contribution is 2.30. The summed E-state index contributed by atoms with van der Waals surface area (Å²) in [4.78, 5) is 29.0. The summed E-state index contributed by atoms with van der Waals surface area (Å²) in [5.74, 6) is -0.763. The second-order valence-corrected chi connectivity index (χ2v) is 13.8. The molecule has 0 unspecified atom stereocenters. The predicted octanol–water partition coefficient (Wildman–Crippen LogP) is 6.39. The molecule has 0 bridgehead atoms. The predicted molar refractivity (Wildman–Crippen MR) is 166 cm³/mol. The molecule has 1 atom stereocenters. The molecule has 0 radical (unpaired) electrons. The van der Waals surface area contributed by atoms with Gasteiger partial charge in [-0.2, -0.15) is 0 Å². The number of carbonyl (C=O) groups excluding carboxylic acids is 2. The number of amides is 2. The Kier molecular flexibility index (Phi) is 10.2. The van der Waals surface area contributed by atoms with E-state index in [4.69, 9.17) is 11.6 Å². The van der Waals surface area contributed by atoms with Gasteiger partial charge in [0.15, 0.2) is 0 Å². The minimum Gasteiger partial charge on any atom is -0.352 e. The number of hydrogen-bond acceptors (Lipinski definition) is 4. The number of aryl methyl sites for hydroxylation is 2. The van der Waals surface area contributed by atoms with Crippen molar-refractivity contribution in [3.05, 3.63) is 92.9 Å². The summed E-state index contributed by atoms with van der Waals surface area (Å²) in [6.45, 7) is 4.95. The number of nitrogens with one attached hydrogen (secondary N) is 1. The maximum atomic E-state index is 14.1. The van der Waals surface area contributed by atoms with E-state index in [1.54, 1.807) is 44.2 Å². The van der Waals surface area contributed by atoms with Gasteiger partial charge in [0.1, 0.15) is 12.6 Å². The molecule has 0 aromatic heterocycles. The lowest BCUT2D eigenvalue weighted by Crippen LogP contribution is -2.52. The van der Waals surface area contributed by atoms with Crippen molar-refractivity contribution in [3.63, 3.8) is 0 Å². The molecule has 0 heterocycles. The monoisotopic (exact) mass is 659 g/mol. The van der Waals surface area contributed by atoms with Gasteiger partial charge >= 0.3 is 0 Å². The molecular weight excluding hydrogens is 626 g/mol. The summed E-state index contributed by atoms with van der Waals surface area (Å²) < 4.78 is 30.0. The molecule has 4 rings (SSSR count). The summed E-state index contributed by atoms with van der Waals surface area (Å²) in [7, 11) is -4.16. The average molecular weight is 661 g/mol. The Morgan fingerprint density at radius 1 is 1.02 bits per heavy atom. The standard InChI is InChI=1S/C31H35BrClN3O4S/c1-21-11-15-28(16-12-21)41(39,40)36(29-18-26(33)14-13-22(29)2)20-30(37)35(19-24-7-6-8-25(32)17-24)23(3)31(38)34-27-9-4-5-10-27/h6-8,11-18,23,27H,4-5,9-10,19-20H2,1-3H3,(H,34,38)/t23-/m1/s1. The van der Waals surface area contributed by atoms with E-state index in [1.165, 1.54) is 17.0 Å². The average Bonchev–Trinajstić information content (AvgIpc) is 3.44. The highest BCUT2D eigenvalue weighted by Gasteiger charge is 2.34. The third-order valence-corrected chi connectivity index (χ3v) is 9.94. The topological polar surface area (TPSA) is 86.8 Å². The Balaban J connectivity index is 1.72. The van der Waals surface area contributed by atoms with E-state index in [0.717, 1.165) is 45.6 Å². The summed E-state index contributed by atoms with van der Waals surface area (Å²) in [6, 6.07) is 18.2. The number of rotatable bonds is 10. The molecule has 0 aliphatic heterocycles. The molecule has 2 amide bonds. The van der Waals surface area contributed by atoms with Gasteiger partial charge in [-0.3, -0.25) is 13.9 Å². The van der Waals surface area contributed by atoms with Crippen molar-refractivity contribution in [1.29, 1.82) is 0 Å². The fourth-order valence-corrected chi connectivity index (χ4v) is 7.09. The smallest absolute Gasteiger partial charge is 0.264 e. The van der Waals surface area contributed by atoms with E-state index in [0.29, 0.717) is 16.3 Å². The van der Waals surface area contributed by atoms with Crippen LogP contribution in [-0.2, 0) is 26.2 Å². The Labute approximate surface area is 256 Å². The number of halogens is 2. The van der Waals surface area contributed by atoms with E-state index in [9.17, 15) is 18.0 Å². The van der Waals surface area contributed by atoms with Gasteiger partial charge in [0.25, 0.3) is 10.0 Å². The highest BCUT2D eigenvalue weighted by atomic mass is 79.9. The highest BCUT2D eigenvalue weighted by molar-refractivity contribution is 9.10. The molecular formula is C31H35BrClN3O4S. The summed E-state index contributed by atoms with van der Waals surface area (Å²) in [5.41, 5.74) is 2.66. The number of nitrogens with zero attached hydrogens (tertiary/aromatic N) is 2. The van der Waals surface area contributed by atoms with Crippen molar-refractivity contribution in [2.24, 2.45) is 0 Å². The number of benzene rings is 3. The van der Waals surface area contributed by atoms with Crippen molar-refractivity contribution in [1.82, 2.24) is 10.2 Å². The molecule has 10 heteroatoms. The molecule has 1 saturated carbocycles. The van der Waals surface area contributed by atoms with Crippen molar-refractivity contribution in [3.8, 4) is 0 Å². The van der Waals surface area contributed by atoms with Gasteiger partial charge in [0.2, 0.25) is 11.8 Å². The Morgan fingerprint density at radius 3 is 2.37 bits per heavy atom. The SMILES string of the molecule is Cc1ccc(S(=O)(=O)N(CC(=O)N(Cc2cccc(Br)c2)[C@H](C)C(=O)NC2CCCC2)c2cc(Cl)ccc2C)cc1. The van der Waals surface area contributed by atoms with Gasteiger partial charge in [-0.25, -0.2) is 8.42 Å². The third kappa shape index (κ3) is 7.70. The van der Waals surface area contributed by atoms with E-state index in [1.807, 2.05) is 31.2 Å². The van der Waals surface area contributed by atoms with Crippen LogP contribution in [0.1, 0.15) is 49.3 Å². The van der Waals surface area contributed by atoms with Crippen molar-refractivity contribution in [2.45, 2.75) is 70.0 Å². The first-order chi connectivity index (χ1) is 19.5. The molecule has 41 heavy (non-hydrogen) atoms. The zero-order chi connectivity index (χ0) is 29.7. The number of anilines is 1. The second kappa shape index (κ2) is 13.4. The Morgan fingerprint density at radius 2 is 1.71 bits per heavy atom. The molecule has 3 aromatic carbocycles. The molecule has 1 N–H and O–H groups in total. The second-order valence-electron chi connectivity index (χ2n) is 10.6. The first kappa shape index (κ1) is 31.1. The van der Waals surface area contributed by atoms with Crippen LogP contribution in [0.2, 0.25) is 5.02 Å². The minimum absolute atomic E-state index is 0.0563. The van der Waals surface area contributed by atoms with Crippen LogP contribution >= 0.6 is 27.5 Å². The van der Waals surface area contributed by atoms with Gasteiger partial charge in [0, 0.05) is 22.1 Å². The van der Waals surface area contributed by atoms with Gasteiger partial charge < -0.3 is 10.2 Å². The van der Waals surface area contributed by atoms with E-state index in [2.05, 4.69) is 21.2 Å². The normalized spacial score (nSPS) is 14.5. The van der Waals surface area contributed by atoms with Crippen LogP contribution in [0.3, 0.4) is 0 Å². The van der Waals surface area contributed by atoms with Gasteiger partial charge in [0.05, 0.1) is 10.6 Å². The summed E-state index contributed by atoms with van der Waals surface area (Å²) in [6.07, 6.45) is 3.94. The van der Waals surface area contributed by atoms with Crippen LogP contribution in [-0.4, -0.2) is 43.8 Å². The van der Waals surface area contributed by atoms with E-state index in [-0.39, 0.29) is 23.4 Å². The molecule has 1 fully saturated rings. The van der Waals surface area contributed by atoms with Crippen molar-refractivity contribution in [2.75, 3.05) is 10.8 Å². The maximum Gasteiger partial charge on any atom is 0.264 e. The zero-order valence-corrected chi connectivity index (χ0v) is 26.6. The van der Waals surface area contributed by atoms with E-state index >= 15 is 0 Å². The van der Waals surface area contributed by atoms with Gasteiger partial charge in [-0.15, -0.1) is 0 Å². The molecule has 7 nitrogen and oxygen atoms in total. The first-order valence-corrected chi connectivity index (χ1v) is 16.3. The summed E-state index contributed by atoms with van der Waals surface area (Å²) in [5, 5.41) is 3.43. The van der Waals surface area contributed by atoms with Crippen LogP contribution in [0, 0.1) is 13.8 Å². The van der Waals surface area contributed by atoms with Crippen LogP contribution in [0.25, 0.3) is 0 Å². The Bertz CT molecular complexity index is 1510. The number of sulfonamides is 1. The minimum atomic E-state index is -4.16. The molecule has 1 aliphatic rings. The lowest BCUT2D eigenvalue weighted by molar-refractivity contribution is -0.139. The molecule has 218 valence electrons. The molecule has 0 saturated heterocycles. The zero-order valence-electron chi connectivity index (χ0n) is 23.4. The summed E-state index contributed by atoms with van der Waals surface area (Å²) >= 11 is 9.77. The van der Waals surface area contributed by atoms with Crippen LogP contribution in [0.5, 0.6) is 0 Å². The van der Waals surface area contributed by atoms with Crippen LogP contribution in [0.15, 0.2) is 76.1 Å². The largest absolute Gasteiger partial charge is 0.352 e. The number of carbonyl (C=O) groups is 2. The fourth-order valence-electron chi connectivity index (χ4n) is 5.01. The lowest BCUT2D eigenvalue weighted by Gasteiger charge is -2.33. The lowest BCUT2D eigenvalue weighted by atomic mass is 10.1. The third-order valence-electron chi connectivity index (χ3n) is 7.44. The van der Waals surface area contributed by atoms with Gasteiger partial charge in [-0.1, -0.05) is 76.3 Å². The van der Waals surface area contributed by atoms with Crippen LogP contribution in [0.4, 0.5) is 5.69 Å². The molecule has 0 spiro atoms. The van der Waals surface area contributed by atoms with Crippen molar-refractivity contribution >= 4 is 55.1 Å². The quantitative estimate of drug-likeness (QED) is 0.273. The first-order valence-electron chi connectivity index (χ1n) is 13.7. The fraction of sp³-hybridized carbons (Fsp3) is 0.355. The van der Waals surface area contributed by atoms with Gasteiger partial charge in [-0.05, 0) is 81.1 Å². The maximum absolute atomic E-state index is 14.1. The molecule has 1 aliphatic carbocycles. The van der Waals surface area contributed by atoms with E-state index < -0.39 is 28.5 Å². The Hall–Kier alpha value is -2.88.